The van der Waals surface area contributed by atoms with Gasteiger partial charge in [-0.05, 0) is 0 Å². The van der Waals surface area contributed by atoms with Crippen LogP contribution in [0.5, 0.6) is 0 Å². The van der Waals surface area contributed by atoms with Gasteiger partial charge in [-0.2, -0.15) is 0 Å². The summed E-state index contributed by atoms with van der Waals surface area (Å²) in [6.45, 7) is 9.70. The molecule has 0 fully saturated rings. The van der Waals surface area contributed by atoms with Crippen molar-refractivity contribution < 1.29 is 47.4 Å². The summed E-state index contributed by atoms with van der Waals surface area (Å²) in [5.41, 5.74) is 0. The van der Waals surface area contributed by atoms with Crippen LogP contribution in [0.1, 0.15) is 0 Å². The molecule has 0 aliphatic heterocycles. The third kappa shape index (κ3) is 35.1. The van der Waals surface area contributed by atoms with Crippen molar-refractivity contribution in [3.63, 3.8) is 0 Å². The molecule has 0 rings (SSSR count). The van der Waals surface area contributed by atoms with E-state index in [4.69, 9.17) is 47.4 Å². The van der Waals surface area contributed by atoms with E-state index < -0.39 is 0 Å². The Kier molecular flexibility index (Phi) is 35.2. The first-order valence-corrected chi connectivity index (χ1v) is 10.3. The average molecular weight is 445 g/mol. The van der Waals surface area contributed by atoms with Gasteiger partial charge < -0.3 is 47.4 Å². The van der Waals surface area contributed by atoms with Crippen molar-refractivity contribution in [2.75, 3.05) is 134 Å². The second-order valence-electron chi connectivity index (χ2n) is 5.65. The van der Waals surface area contributed by atoms with Gasteiger partial charge in [0.05, 0.1) is 106 Å². The molecule has 0 unspecified atom stereocenters. The highest BCUT2D eigenvalue weighted by atomic mass is 16.6. The van der Waals surface area contributed by atoms with Crippen molar-refractivity contribution in [1.82, 2.24) is 0 Å². The smallest absolute Gasteiger partial charge is 0.0701 e. The normalized spacial score (nSPS) is 10.8. The molecule has 0 spiro atoms. The van der Waals surface area contributed by atoms with Crippen LogP contribution in [-0.2, 0) is 47.4 Å². The molecule has 0 bridgehead atoms. The molecule has 0 saturated carbocycles. The van der Waals surface area contributed by atoms with Gasteiger partial charge in [0.15, 0.2) is 0 Å². The molecule has 0 aliphatic rings. The van der Waals surface area contributed by atoms with Crippen molar-refractivity contribution in [1.29, 1.82) is 0 Å². The van der Waals surface area contributed by atoms with Gasteiger partial charge in [-0.15, -0.1) is 0 Å². The third-order valence-corrected chi connectivity index (χ3v) is 3.22. The highest BCUT2D eigenvalue weighted by Gasteiger charge is 1.92. The fourth-order valence-corrected chi connectivity index (χ4v) is 1.65. The zero-order chi connectivity index (χ0) is 22.4. The van der Waals surface area contributed by atoms with Crippen molar-refractivity contribution >= 4 is 0 Å². The molecule has 0 amide bonds. The Labute approximate surface area is 182 Å². The Morgan fingerprint density at radius 2 is 0.367 bits per heavy atom. The summed E-state index contributed by atoms with van der Waals surface area (Å²) in [4.78, 5) is 0. The van der Waals surface area contributed by atoms with Gasteiger partial charge in [0.2, 0.25) is 0 Å². The molecule has 0 aromatic heterocycles. The molecule has 0 N–H and O–H groups in total. The minimum Gasteiger partial charge on any atom is -0.382 e. The summed E-state index contributed by atoms with van der Waals surface area (Å²) in [6.07, 6.45) is 0. The van der Waals surface area contributed by atoms with Crippen LogP contribution in [-0.4, -0.2) is 134 Å². The van der Waals surface area contributed by atoms with Gasteiger partial charge in [0, 0.05) is 28.4 Å². The molecule has 0 atom stereocenters. The maximum Gasteiger partial charge on any atom is 0.0701 e. The lowest BCUT2D eigenvalue weighted by Crippen LogP contribution is -2.13. The van der Waals surface area contributed by atoms with Crippen LogP contribution in [0.2, 0.25) is 0 Å². The fraction of sp³-hybridized carbons (Fsp3) is 1.00. The van der Waals surface area contributed by atoms with E-state index in [-0.39, 0.29) is 0 Å². The van der Waals surface area contributed by atoms with Crippen molar-refractivity contribution in [2.24, 2.45) is 0 Å². The molecule has 0 heterocycles. The Bertz CT molecular complexity index is 246. The zero-order valence-corrected chi connectivity index (χ0v) is 19.4. The summed E-state index contributed by atoms with van der Waals surface area (Å²) < 4.78 is 50.7. The van der Waals surface area contributed by atoms with Crippen LogP contribution in [0.25, 0.3) is 0 Å². The molecule has 184 valence electrons. The third-order valence-electron chi connectivity index (χ3n) is 3.22. The Hall–Kier alpha value is -0.400. The van der Waals surface area contributed by atoms with E-state index >= 15 is 0 Å². The van der Waals surface area contributed by atoms with Crippen LogP contribution in [0, 0.1) is 0 Å². The van der Waals surface area contributed by atoms with E-state index in [0.29, 0.717) is 106 Å². The average Bonchev–Trinajstić information content (AvgIpc) is 2.76. The minimum atomic E-state index is 0.575. The monoisotopic (exact) mass is 444 g/mol. The van der Waals surface area contributed by atoms with Gasteiger partial charge in [0.25, 0.3) is 0 Å². The first kappa shape index (κ1) is 31.8. The van der Waals surface area contributed by atoms with Gasteiger partial charge in [-0.3, -0.25) is 0 Å². The molecule has 0 aromatic carbocycles. The summed E-state index contributed by atoms with van der Waals surface area (Å²) >= 11 is 0. The summed E-state index contributed by atoms with van der Waals surface area (Å²) in [6, 6.07) is 0. The first-order valence-electron chi connectivity index (χ1n) is 10.3. The topological polar surface area (TPSA) is 92.3 Å². The molecule has 0 saturated heterocycles. The van der Waals surface area contributed by atoms with E-state index in [0.717, 1.165) is 0 Å². The molecular weight excluding hydrogens is 400 g/mol. The fourth-order valence-electron chi connectivity index (χ4n) is 1.65. The highest BCUT2D eigenvalue weighted by molar-refractivity contribution is 4.35. The molecule has 10 heteroatoms. The van der Waals surface area contributed by atoms with Crippen LogP contribution in [0.15, 0.2) is 0 Å². The lowest BCUT2D eigenvalue weighted by atomic mass is 10.7. The van der Waals surface area contributed by atoms with Crippen LogP contribution in [0.3, 0.4) is 0 Å². The van der Waals surface area contributed by atoms with Crippen molar-refractivity contribution in [3.8, 4) is 0 Å². The molecule has 0 aromatic rings. The van der Waals surface area contributed by atoms with Gasteiger partial charge in [-0.1, -0.05) is 0 Å². The quantitative estimate of drug-likeness (QED) is 0.198. The Morgan fingerprint density at radius 1 is 0.233 bits per heavy atom. The van der Waals surface area contributed by atoms with E-state index in [2.05, 4.69) is 0 Å². The predicted octanol–water partition coefficient (Wildman–Crippen LogP) is 0.658. The summed E-state index contributed by atoms with van der Waals surface area (Å²) in [5.74, 6) is 0. The van der Waals surface area contributed by atoms with E-state index in [1.165, 1.54) is 0 Å². The van der Waals surface area contributed by atoms with Crippen LogP contribution in [0.4, 0.5) is 0 Å². The SMILES string of the molecule is COCCOCCOCCOC.COCCOCCOCCOCCOCCOC. The minimum absolute atomic E-state index is 0.575. The van der Waals surface area contributed by atoms with Gasteiger partial charge in [0.1, 0.15) is 0 Å². The van der Waals surface area contributed by atoms with Gasteiger partial charge in [-0.25, -0.2) is 0 Å². The first-order chi connectivity index (χ1) is 14.8. The maximum atomic E-state index is 5.31. The number of hydrogen-bond acceptors (Lipinski definition) is 10. The number of ether oxygens (including phenoxy) is 10. The standard InChI is InChI=1S/C12H26O6.C8H18O4/c1-13-3-5-15-7-9-17-11-12-18-10-8-16-6-4-14-2;1-9-3-5-11-7-8-12-6-4-10-2/h3-12H2,1-2H3;3-8H2,1-2H3. The molecule has 10 nitrogen and oxygen atoms in total. The Morgan fingerprint density at radius 3 is 0.500 bits per heavy atom. The number of hydrogen-bond donors (Lipinski definition) is 0. The number of methoxy groups -OCH3 is 4. The van der Waals surface area contributed by atoms with Gasteiger partial charge >= 0.3 is 0 Å². The lowest BCUT2D eigenvalue weighted by Gasteiger charge is -2.07. The van der Waals surface area contributed by atoms with Crippen LogP contribution < -0.4 is 0 Å². The molecule has 0 aliphatic carbocycles. The van der Waals surface area contributed by atoms with E-state index in [1.54, 1.807) is 28.4 Å². The predicted molar refractivity (Wildman–Crippen MR) is 112 cm³/mol. The van der Waals surface area contributed by atoms with E-state index in [9.17, 15) is 0 Å². The largest absolute Gasteiger partial charge is 0.382 e. The molecule has 30 heavy (non-hydrogen) atoms. The van der Waals surface area contributed by atoms with Crippen LogP contribution >= 0.6 is 0 Å². The Balaban J connectivity index is 0. The second kappa shape index (κ2) is 33.2. The molecular formula is C20H44O10. The second-order valence-corrected chi connectivity index (χ2v) is 5.65. The summed E-state index contributed by atoms with van der Waals surface area (Å²) in [7, 11) is 6.60. The van der Waals surface area contributed by atoms with Crippen molar-refractivity contribution in [3.05, 3.63) is 0 Å². The highest BCUT2D eigenvalue weighted by Crippen LogP contribution is 1.83. The maximum absolute atomic E-state index is 5.31. The summed E-state index contributed by atoms with van der Waals surface area (Å²) in [5, 5.41) is 0. The number of rotatable bonds is 24. The van der Waals surface area contributed by atoms with Crippen molar-refractivity contribution in [2.45, 2.75) is 0 Å². The lowest BCUT2D eigenvalue weighted by molar-refractivity contribution is -0.0122. The zero-order valence-electron chi connectivity index (χ0n) is 19.4. The van der Waals surface area contributed by atoms with E-state index in [1.807, 2.05) is 0 Å². The molecule has 0 radical (unpaired) electrons.